The number of hydrogen-bond donors (Lipinski definition) is 1. The highest BCUT2D eigenvalue weighted by Gasteiger charge is 2.21. The van der Waals surface area contributed by atoms with Crippen molar-refractivity contribution in [2.75, 3.05) is 25.6 Å². The van der Waals surface area contributed by atoms with Gasteiger partial charge in [-0.3, -0.25) is 0 Å². The Balaban J connectivity index is 1.50. The van der Waals surface area contributed by atoms with Gasteiger partial charge in [-0.05, 0) is 37.1 Å². The lowest BCUT2D eigenvalue weighted by molar-refractivity contribution is 0.141. The number of carbonyl (C=O) groups excluding carboxylic acids is 1. The molecule has 2 aliphatic rings. The molecular formula is C20H30N2O3. The summed E-state index contributed by atoms with van der Waals surface area (Å²) in [6.07, 6.45) is 9.66. The summed E-state index contributed by atoms with van der Waals surface area (Å²) >= 11 is 0. The fourth-order valence-electron chi connectivity index (χ4n) is 3.61. The van der Waals surface area contributed by atoms with E-state index < -0.39 is 0 Å². The topological polar surface area (TPSA) is 50.8 Å². The Labute approximate surface area is 150 Å². The van der Waals surface area contributed by atoms with Crippen molar-refractivity contribution < 1.29 is 14.3 Å². The fourth-order valence-corrected chi connectivity index (χ4v) is 3.61. The molecule has 1 atom stereocenters. The van der Waals surface area contributed by atoms with E-state index in [1.807, 2.05) is 36.2 Å². The van der Waals surface area contributed by atoms with E-state index in [1.165, 1.54) is 32.1 Å². The lowest BCUT2D eigenvalue weighted by atomic mass is 9.96. The molecule has 5 nitrogen and oxygen atoms in total. The molecule has 1 unspecified atom stereocenters. The average molecular weight is 346 g/mol. The normalized spacial score (nSPS) is 22.0. The van der Waals surface area contributed by atoms with Crippen molar-refractivity contribution in [2.24, 2.45) is 0 Å². The number of carbonyl (C=O) groups is 1. The highest BCUT2D eigenvalue weighted by molar-refractivity contribution is 5.89. The van der Waals surface area contributed by atoms with Crippen LogP contribution < -0.4 is 10.1 Å². The van der Waals surface area contributed by atoms with Crippen LogP contribution in [0.2, 0.25) is 0 Å². The van der Waals surface area contributed by atoms with Crippen molar-refractivity contribution in [3.8, 4) is 5.75 Å². The van der Waals surface area contributed by atoms with E-state index in [2.05, 4.69) is 5.32 Å². The highest BCUT2D eigenvalue weighted by atomic mass is 16.5. The van der Waals surface area contributed by atoms with Crippen molar-refractivity contribution in [1.29, 1.82) is 0 Å². The van der Waals surface area contributed by atoms with Crippen LogP contribution in [0, 0.1) is 0 Å². The third-order valence-electron chi connectivity index (χ3n) is 5.24. The number of hydrogen-bond acceptors (Lipinski definition) is 3. The second-order valence-electron chi connectivity index (χ2n) is 7.17. The zero-order chi connectivity index (χ0) is 17.5. The molecule has 138 valence electrons. The number of nitrogens with one attached hydrogen (secondary N) is 1. The Morgan fingerprint density at radius 2 is 1.76 bits per heavy atom. The first-order valence-corrected chi connectivity index (χ1v) is 9.60. The number of benzene rings is 1. The van der Waals surface area contributed by atoms with Crippen molar-refractivity contribution in [3.63, 3.8) is 0 Å². The van der Waals surface area contributed by atoms with Gasteiger partial charge in [-0.1, -0.05) is 32.1 Å². The standard InChI is InChI=1S/C20H30N2O3/c1-22(17-7-5-3-2-4-6-8-17)20(23)21-16-9-11-18(12-10-16)25-19-13-14-24-15-19/h9-12,17,19H,2-8,13-15H2,1H3,(H,21,23). The number of nitrogens with zero attached hydrogens (tertiary/aromatic N) is 1. The van der Waals surface area contributed by atoms with Crippen LogP contribution in [0.15, 0.2) is 24.3 Å². The number of ether oxygens (including phenoxy) is 2. The molecule has 1 saturated carbocycles. The van der Waals surface area contributed by atoms with Crippen molar-refractivity contribution in [1.82, 2.24) is 4.90 Å². The molecule has 1 aromatic carbocycles. The quantitative estimate of drug-likeness (QED) is 0.877. The molecule has 5 heteroatoms. The van der Waals surface area contributed by atoms with E-state index in [-0.39, 0.29) is 12.1 Å². The van der Waals surface area contributed by atoms with E-state index in [9.17, 15) is 4.79 Å². The molecule has 1 aliphatic heterocycles. The van der Waals surface area contributed by atoms with Crippen LogP contribution in [0.1, 0.15) is 51.4 Å². The molecule has 1 aliphatic carbocycles. The Bertz CT molecular complexity index is 532. The summed E-state index contributed by atoms with van der Waals surface area (Å²) in [5.41, 5.74) is 0.803. The predicted octanol–water partition coefficient (Wildman–Crippen LogP) is 4.43. The summed E-state index contributed by atoms with van der Waals surface area (Å²) < 4.78 is 11.2. The summed E-state index contributed by atoms with van der Waals surface area (Å²) in [6.45, 7) is 1.43. The fraction of sp³-hybridized carbons (Fsp3) is 0.650. The zero-order valence-corrected chi connectivity index (χ0v) is 15.2. The monoisotopic (exact) mass is 346 g/mol. The Kier molecular flexibility index (Phi) is 6.56. The number of urea groups is 1. The molecule has 0 spiro atoms. The van der Waals surface area contributed by atoms with Gasteiger partial charge in [-0.25, -0.2) is 4.79 Å². The van der Waals surface area contributed by atoms with Gasteiger partial charge in [0.15, 0.2) is 0 Å². The van der Waals surface area contributed by atoms with E-state index in [0.29, 0.717) is 12.6 Å². The van der Waals surface area contributed by atoms with Crippen LogP contribution in [-0.2, 0) is 4.74 Å². The molecular weight excluding hydrogens is 316 g/mol. The molecule has 1 saturated heterocycles. The second-order valence-corrected chi connectivity index (χ2v) is 7.17. The third-order valence-corrected chi connectivity index (χ3v) is 5.24. The minimum Gasteiger partial charge on any atom is -0.488 e. The minimum atomic E-state index is -0.0246. The minimum absolute atomic E-state index is 0.0246. The van der Waals surface area contributed by atoms with E-state index in [1.54, 1.807) is 0 Å². The third kappa shape index (κ3) is 5.36. The molecule has 0 aromatic heterocycles. The summed E-state index contributed by atoms with van der Waals surface area (Å²) in [6, 6.07) is 7.94. The molecule has 1 heterocycles. The van der Waals surface area contributed by atoms with Gasteiger partial charge in [-0.15, -0.1) is 0 Å². The number of amides is 2. The first kappa shape index (κ1) is 18.1. The Morgan fingerprint density at radius 1 is 1.08 bits per heavy atom. The van der Waals surface area contributed by atoms with Gasteiger partial charge in [-0.2, -0.15) is 0 Å². The zero-order valence-electron chi connectivity index (χ0n) is 15.2. The maximum absolute atomic E-state index is 12.5. The molecule has 0 radical (unpaired) electrons. The largest absolute Gasteiger partial charge is 0.488 e. The van der Waals surface area contributed by atoms with Gasteiger partial charge < -0.3 is 19.7 Å². The summed E-state index contributed by atoms with van der Waals surface area (Å²) in [5, 5.41) is 3.00. The van der Waals surface area contributed by atoms with Crippen LogP contribution in [0.25, 0.3) is 0 Å². The second kappa shape index (κ2) is 9.09. The maximum Gasteiger partial charge on any atom is 0.321 e. The smallest absolute Gasteiger partial charge is 0.321 e. The average Bonchev–Trinajstić information content (AvgIpc) is 3.09. The Morgan fingerprint density at radius 3 is 2.40 bits per heavy atom. The molecule has 3 rings (SSSR count). The molecule has 0 bridgehead atoms. The first-order valence-electron chi connectivity index (χ1n) is 9.60. The van der Waals surface area contributed by atoms with E-state index >= 15 is 0 Å². The molecule has 25 heavy (non-hydrogen) atoms. The molecule has 1 N–H and O–H groups in total. The van der Waals surface area contributed by atoms with Crippen LogP contribution in [0.5, 0.6) is 5.75 Å². The van der Waals surface area contributed by atoms with Crippen molar-refractivity contribution >= 4 is 11.7 Å². The van der Waals surface area contributed by atoms with E-state index in [4.69, 9.17) is 9.47 Å². The predicted molar refractivity (Wildman–Crippen MR) is 99.2 cm³/mol. The maximum atomic E-state index is 12.5. The SMILES string of the molecule is CN(C(=O)Nc1ccc(OC2CCOC2)cc1)C1CCCCCCC1. The van der Waals surface area contributed by atoms with Gasteiger partial charge in [0.1, 0.15) is 11.9 Å². The van der Waals surface area contributed by atoms with E-state index in [0.717, 1.165) is 37.3 Å². The van der Waals surface area contributed by atoms with Crippen LogP contribution in [0.4, 0.5) is 10.5 Å². The Hall–Kier alpha value is -1.75. The number of rotatable bonds is 4. The van der Waals surface area contributed by atoms with Gasteiger partial charge in [0.2, 0.25) is 0 Å². The highest BCUT2D eigenvalue weighted by Crippen LogP contribution is 2.23. The van der Waals surface area contributed by atoms with Crippen molar-refractivity contribution in [2.45, 2.75) is 63.5 Å². The van der Waals surface area contributed by atoms with Crippen LogP contribution in [0.3, 0.4) is 0 Å². The summed E-state index contributed by atoms with van der Waals surface area (Å²) in [4.78, 5) is 14.4. The van der Waals surface area contributed by atoms with Gasteiger partial charge in [0, 0.05) is 25.2 Å². The van der Waals surface area contributed by atoms with Gasteiger partial charge in [0.05, 0.1) is 13.2 Å². The van der Waals surface area contributed by atoms with Gasteiger partial charge >= 0.3 is 6.03 Å². The summed E-state index contributed by atoms with van der Waals surface area (Å²) in [7, 11) is 1.92. The van der Waals surface area contributed by atoms with Gasteiger partial charge in [0.25, 0.3) is 0 Å². The lowest BCUT2D eigenvalue weighted by Crippen LogP contribution is -2.40. The number of anilines is 1. The molecule has 2 fully saturated rings. The van der Waals surface area contributed by atoms with Crippen LogP contribution in [-0.4, -0.2) is 43.3 Å². The molecule has 2 amide bonds. The van der Waals surface area contributed by atoms with Crippen LogP contribution >= 0.6 is 0 Å². The first-order chi connectivity index (χ1) is 12.2. The molecule has 1 aromatic rings. The summed E-state index contributed by atoms with van der Waals surface area (Å²) in [5.74, 6) is 0.821. The van der Waals surface area contributed by atoms with Crippen molar-refractivity contribution in [3.05, 3.63) is 24.3 Å². The lowest BCUT2D eigenvalue weighted by Gasteiger charge is -2.29.